The monoisotopic (exact) mass is 508 g/mol. The van der Waals surface area contributed by atoms with Crippen LogP contribution < -0.4 is 0 Å². The number of hydrogen-bond donors (Lipinski definition) is 0. The van der Waals surface area contributed by atoms with E-state index in [0.717, 1.165) is 26.4 Å². The normalized spacial score (nSPS) is 13.4. The number of nitrogens with zero attached hydrogens (tertiary/aromatic N) is 2. The fourth-order valence-electron chi connectivity index (χ4n) is 3.77. The van der Waals surface area contributed by atoms with E-state index in [4.69, 9.17) is 4.74 Å². The lowest BCUT2D eigenvalue weighted by Gasteiger charge is -2.17. The van der Waals surface area contributed by atoms with Crippen molar-refractivity contribution in [3.63, 3.8) is 0 Å². The molecule has 0 atom stereocenters. The van der Waals surface area contributed by atoms with E-state index in [1.807, 2.05) is 0 Å². The van der Waals surface area contributed by atoms with Crippen molar-refractivity contribution in [3.05, 3.63) is 12.4 Å². The molecule has 0 saturated heterocycles. The zero-order chi connectivity index (χ0) is 19.4. The molecule has 0 N–H and O–H groups in total. The molecule has 28 heavy (non-hydrogen) atoms. The molecule has 0 spiro atoms. The third-order valence-electron chi connectivity index (χ3n) is 5.60. The summed E-state index contributed by atoms with van der Waals surface area (Å²) < 4.78 is 5.76. The molecule has 0 saturated carbocycles. The van der Waals surface area contributed by atoms with Crippen molar-refractivity contribution in [3.8, 4) is 0 Å². The topological polar surface area (TPSA) is 15.7 Å². The van der Waals surface area contributed by atoms with Gasteiger partial charge in [0.2, 0.25) is 0 Å². The van der Waals surface area contributed by atoms with Crippen LogP contribution >= 0.6 is 24.0 Å². The van der Waals surface area contributed by atoms with Crippen molar-refractivity contribution in [2.75, 3.05) is 33.5 Å². The summed E-state index contributed by atoms with van der Waals surface area (Å²) in [5.41, 5.74) is 0. The Bertz CT molecular complexity index is 339. The number of halogens is 1. The molecule has 0 aromatic heterocycles. The molecule has 3 nitrogen and oxygen atoms in total. The molecule has 4 heteroatoms. The molecule has 0 unspecified atom stereocenters. The Morgan fingerprint density at radius 1 is 0.643 bits per heavy atom. The van der Waals surface area contributed by atoms with Crippen LogP contribution in [0.5, 0.6) is 0 Å². The first-order valence-corrected chi connectivity index (χ1v) is 12.0. The first kappa shape index (κ1) is 28.0. The summed E-state index contributed by atoms with van der Waals surface area (Å²) in [5, 5.41) is 0. The van der Waals surface area contributed by atoms with Crippen molar-refractivity contribution in [2.24, 2.45) is 0 Å². The molecule has 0 fully saturated rings. The van der Waals surface area contributed by atoms with Gasteiger partial charge in [0.25, 0.3) is 0 Å². The summed E-state index contributed by atoms with van der Waals surface area (Å²) in [6.07, 6.45) is 27.0. The molecule has 0 amide bonds. The highest BCUT2D eigenvalue weighted by Crippen LogP contribution is 2.13. The number of hydrogen-bond acceptors (Lipinski definition) is 3. The molecule has 0 aromatic carbocycles. The fourth-order valence-corrected chi connectivity index (χ4v) is 3.77. The van der Waals surface area contributed by atoms with Crippen LogP contribution in [0.2, 0.25) is 0 Å². The second-order valence-electron chi connectivity index (χ2n) is 8.42. The maximum atomic E-state index is 5.76. The van der Waals surface area contributed by atoms with Gasteiger partial charge in [-0.05, 0) is 6.42 Å². The van der Waals surface area contributed by atoms with Crippen LogP contribution in [0, 0.1) is 0 Å². The van der Waals surface area contributed by atoms with E-state index in [0.29, 0.717) is 0 Å². The number of unbranched alkanes of at least 4 members (excludes halogenated alkanes) is 15. The van der Waals surface area contributed by atoms with Crippen LogP contribution in [0.15, 0.2) is 12.4 Å². The predicted octanol–water partition coefficient (Wildman–Crippen LogP) is 7.56. The molecule has 0 bridgehead atoms. The molecule has 1 rings (SSSR count). The molecule has 1 aliphatic rings. The van der Waals surface area contributed by atoms with E-state index >= 15 is 0 Å². The predicted molar refractivity (Wildman–Crippen MR) is 134 cm³/mol. The average Bonchev–Trinajstić information content (AvgIpc) is 3.09. The minimum Gasteiger partial charge on any atom is -0.380 e. The van der Waals surface area contributed by atoms with Gasteiger partial charge in [-0.25, -0.2) is 0 Å². The lowest BCUT2D eigenvalue weighted by Crippen LogP contribution is -2.25. The second kappa shape index (κ2) is 21.7. The highest BCUT2D eigenvalue weighted by Gasteiger charge is 2.06. The van der Waals surface area contributed by atoms with Gasteiger partial charge in [0.1, 0.15) is 0 Å². The lowest BCUT2D eigenvalue weighted by molar-refractivity contribution is 0.109. The van der Waals surface area contributed by atoms with E-state index in [1.165, 1.54) is 103 Å². The molecule has 0 aromatic rings. The number of ether oxygens (including phenoxy) is 1. The van der Waals surface area contributed by atoms with Gasteiger partial charge in [-0.2, -0.15) is 0 Å². The van der Waals surface area contributed by atoms with Crippen LogP contribution in [0.3, 0.4) is 0 Å². The highest BCUT2D eigenvalue weighted by molar-refractivity contribution is 14.0. The van der Waals surface area contributed by atoms with Gasteiger partial charge >= 0.3 is 0 Å². The van der Waals surface area contributed by atoms with Crippen molar-refractivity contribution < 1.29 is 4.74 Å². The second-order valence-corrected chi connectivity index (χ2v) is 8.42. The standard InChI is InChI=1S/C24H48N2O.HI/c1-3-4-5-6-7-8-9-10-11-12-13-14-15-16-17-18-22-27-23-21-26-20-19-25(2)24-26;/h19-20H,3-18,21-24H2,1-2H3;1H. The minimum atomic E-state index is 0. The summed E-state index contributed by atoms with van der Waals surface area (Å²) in [6, 6.07) is 0. The smallest absolute Gasteiger partial charge is 0.0891 e. The third-order valence-corrected chi connectivity index (χ3v) is 5.60. The van der Waals surface area contributed by atoms with Gasteiger partial charge in [0.05, 0.1) is 13.3 Å². The minimum absolute atomic E-state index is 0. The summed E-state index contributed by atoms with van der Waals surface area (Å²) in [6.45, 7) is 6.10. The van der Waals surface area contributed by atoms with Crippen LogP contribution in [0.4, 0.5) is 0 Å². The number of rotatable bonds is 20. The first-order valence-electron chi connectivity index (χ1n) is 12.0. The molecule has 0 radical (unpaired) electrons. The van der Waals surface area contributed by atoms with Gasteiger partial charge in [-0.15, -0.1) is 24.0 Å². The van der Waals surface area contributed by atoms with Crippen molar-refractivity contribution in [1.82, 2.24) is 9.80 Å². The Hall–Kier alpha value is 0.0300. The summed E-state index contributed by atoms with van der Waals surface area (Å²) in [4.78, 5) is 4.49. The molecule has 0 aliphatic carbocycles. The summed E-state index contributed by atoms with van der Waals surface area (Å²) in [5.74, 6) is 0. The zero-order valence-corrected chi connectivity index (χ0v) is 21.3. The average molecular weight is 509 g/mol. The van der Waals surface area contributed by atoms with Crippen molar-refractivity contribution in [1.29, 1.82) is 0 Å². The van der Waals surface area contributed by atoms with Crippen molar-refractivity contribution >= 4 is 24.0 Å². The van der Waals surface area contributed by atoms with Crippen molar-refractivity contribution in [2.45, 2.75) is 110 Å². The Morgan fingerprint density at radius 3 is 1.54 bits per heavy atom. The maximum Gasteiger partial charge on any atom is 0.0891 e. The van der Waals surface area contributed by atoms with E-state index in [-0.39, 0.29) is 24.0 Å². The van der Waals surface area contributed by atoms with Gasteiger partial charge < -0.3 is 14.5 Å². The zero-order valence-electron chi connectivity index (χ0n) is 19.0. The van der Waals surface area contributed by atoms with E-state index < -0.39 is 0 Å². The van der Waals surface area contributed by atoms with Crippen LogP contribution in [-0.4, -0.2) is 43.3 Å². The highest BCUT2D eigenvalue weighted by atomic mass is 127. The fraction of sp³-hybridized carbons (Fsp3) is 0.917. The Kier molecular flexibility index (Phi) is 21.8. The van der Waals surface area contributed by atoms with E-state index in [2.05, 4.69) is 36.2 Å². The van der Waals surface area contributed by atoms with Gasteiger partial charge in [0, 0.05) is 32.6 Å². The molecular formula is C24H49IN2O. The van der Waals surface area contributed by atoms with Gasteiger partial charge in [-0.1, -0.05) is 103 Å². The van der Waals surface area contributed by atoms with E-state index in [9.17, 15) is 0 Å². The molecule has 1 aliphatic heterocycles. The largest absolute Gasteiger partial charge is 0.380 e. The maximum absolute atomic E-state index is 5.76. The SMILES string of the molecule is CCCCCCCCCCCCCCCCCCOCCN1C=CN(C)C1.I. The Morgan fingerprint density at radius 2 is 1.11 bits per heavy atom. The summed E-state index contributed by atoms with van der Waals surface area (Å²) in [7, 11) is 2.10. The first-order chi connectivity index (χ1) is 13.3. The lowest BCUT2D eigenvalue weighted by atomic mass is 10.0. The van der Waals surface area contributed by atoms with Crippen LogP contribution in [-0.2, 0) is 4.74 Å². The van der Waals surface area contributed by atoms with E-state index in [1.54, 1.807) is 0 Å². The Labute approximate surface area is 193 Å². The van der Waals surface area contributed by atoms with Gasteiger partial charge in [-0.3, -0.25) is 0 Å². The molecular weight excluding hydrogens is 459 g/mol. The van der Waals surface area contributed by atoms with Gasteiger partial charge in [0.15, 0.2) is 0 Å². The quantitative estimate of drug-likeness (QED) is 0.125. The summed E-state index contributed by atoms with van der Waals surface area (Å²) >= 11 is 0. The third kappa shape index (κ3) is 18.1. The molecule has 168 valence electrons. The van der Waals surface area contributed by atoms with Crippen LogP contribution in [0.25, 0.3) is 0 Å². The van der Waals surface area contributed by atoms with Crippen LogP contribution in [0.1, 0.15) is 110 Å². The molecule has 1 heterocycles. The Balaban J connectivity index is 0.00000729.